The number of carbonyl (C=O) groups excluding carboxylic acids is 1. The molecule has 0 aliphatic carbocycles. The molecule has 0 saturated carbocycles. The van der Waals surface area contributed by atoms with Gasteiger partial charge in [0.15, 0.2) is 4.90 Å². The smallest absolute Gasteiger partial charge is 0.442 e. The quantitative estimate of drug-likeness (QED) is 0.620. The monoisotopic (exact) mass is 392 g/mol. The van der Waals surface area contributed by atoms with E-state index < -0.39 is 21.0 Å². The van der Waals surface area contributed by atoms with Crippen LogP contribution in [0.1, 0.15) is 0 Å². The summed E-state index contributed by atoms with van der Waals surface area (Å²) in [5.74, 6) is 0. The average molecular weight is 395 g/mol. The molecule has 0 spiro atoms. The highest BCUT2D eigenvalue weighted by molar-refractivity contribution is 9.10. The van der Waals surface area contributed by atoms with Crippen LogP contribution < -0.4 is 4.72 Å². The zero-order chi connectivity index (χ0) is 13.8. The second-order valence-corrected chi connectivity index (χ2v) is 8.39. The Labute approximate surface area is 132 Å². The molecule has 0 saturated heterocycles. The fourth-order valence-electron chi connectivity index (χ4n) is 0.999. The fraction of sp³-hybridized carbons (Fsp3) is 0.300. The first-order valence-electron chi connectivity index (χ1n) is 4.69. The summed E-state index contributed by atoms with van der Waals surface area (Å²) < 4.78 is 6.82. The van der Waals surface area contributed by atoms with E-state index in [1.165, 1.54) is 0 Å². The molecule has 100 valence electrons. The molecule has 0 aliphatic heterocycles. The van der Waals surface area contributed by atoms with Crippen molar-refractivity contribution in [2.24, 2.45) is 0 Å². The predicted octanol–water partition coefficient (Wildman–Crippen LogP) is 4.07. The molecule has 0 fully saturated rings. The van der Waals surface area contributed by atoms with Crippen LogP contribution in [0.3, 0.4) is 0 Å². The molecule has 1 unspecified atom stereocenters. The normalized spacial score (nSPS) is 12.9. The van der Waals surface area contributed by atoms with Crippen LogP contribution in [0.2, 0.25) is 0 Å². The highest BCUT2D eigenvalue weighted by Crippen LogP contribution is 2.26. The number of hydrogen-bond acceptors (Lipinski definition) is 2. The molecule has 0 aliphatic rings. The van der Waals surface area contributed by atoms with E-state index in [0.717, 1.165) is 9.37 Å². The van der Waals surface area contributed by atoms with Crippen molar-refractivity contribution in [1.29, 1.82) is 0 Å². The molecule has 1 rings (SSSR count). The number of amides is 1. The Morgan fingerprint density at radius 2 is 1.94 bits per heavy atom. The minimum atomic E-state index is -1.60. The number of nitrogens with one attached hydrogen (secondary N) is 1. The molecule has 1 N–H and O–H groups in total. The SMILES string of the molecule is C[S+](NC(=O)OCC(Cl)(Cl)Cl)c1ccc(Br)cc1. The van der Waals surface area contributed by atoms with Crippen LogP contribution in [0.15, 0.2) is 33.6 Å². The van der Waals surface area contributed by atoms with E-state index in [1.54, 1.807) is 0 Å². The molecular weight excluding hydrogens is 384 g/mol. The Hall–Kier alpha value is 0.190. The first-order chi connectivity index (χ1) is 8.28. The standard InChI is InChI=1S/C10H9BrCl3NO2S/c1-18(8-4-2-7(11)3-5-8)15-9(16)17-6-10(12,13)14/h2-5H,6H2,1H3/p+1. The minimum absolute atomic E-state index is 0.291. The summed E-state index contributed by atoms with van der Waals surface area (Å²) in [5, 5.41) is 0. The third-order valence-corrected chi connectivity index (χ3v) is 4.08. The summed E-state index contributed by atoms with van der Waals surface area (Å²) >= 11 is 19.3. The largest absolute Gasteiger partial charge is 0.449 e. The van der Waals surface area contributed by atoms with Crippen molar-refractivity contribution in [3.8, 4) is 0 Å². The topological polar surface area (TPSA) is 38.3 Å². The number of rotatable bonds is 3. The van der Waals surface area contributed by atoms with Crippen molar-refractivity contribution in [2.45, 2.75) is 8.69 Å². The van der Waals surface area contributed by atoms with Gasteiger partial charge in [-0.2, -0.15) is 0 Å². The summed E-state index contributed by atoms with van der Waals surface area (Å²) in [7, 11) is 0. The van der Waals surface area contributed by atoms with Gasteiger partial charge in [-0.1, -0.05) is 50.7 Å². The van der Waals surface area contributed by atoms with Crippen molar-refractivity contribution >= 4 is 67.9 Å². The lowest BCUT2D eigenvalue weighted by atomic mass is 10.4. The molecule has 1 amide bonds. The number of ether oxygens (including phenoxy) is 1. The Balaban J connectivity index is 2.47. The molecule has 18 heavy (non-hydrogen) atoms. The van der Waals surface area contributed by atoms with Gasteiger partial charge in [0.2, 0.25) is 3.79 Å². The highest BCUT2D eigenvalue weighted by Gasteiger charge is 2.25. The summed E-state index contributed by atoms with van der Waals surface area (Å²) in [6.07, 6.45) is 1.25. The van der Waals surface area contributed by atoms with E-state index in [0.29, 0.717) is 0 Å². The predicted molar refractivity (Wildman–Crippen MR) is 80.5 cm³/mol. The van der Waals surface area contributed by atoms with Gasteiger partial charge in [-0.3, -0.25) is 0 Å². The van der Waals surface area contributed by atoms with E-state index in [2.05, 4.69) is 20.7 Å². The first kappa shape index (κ1) is 16.2. The number of alkyl halides is 3. The third kappa shape index (κ3) is 6.38. The van der Waals surface area contributed by atoms with Crippen LogP contribution in [0, 0.1) is 0 Å². The van der Waals surface area contributed by atoms with E-state index >= 15 is 0 Å². The maximum Gasteiger partial charge on any atom is 0.449 e. The van der Waals surface area contributed by atoms with Crippen LogP contribution >= 0.6 is 50.7 Å². The molecule has 0 heterocycles. The lowest BCUT2D eigenvalue weighted by Crippen LogP contribution is -2.32. The summed E-state index contributed by atoms with van der Waals surface area (Å²) in [5.41, 5.74) is 0. The summed E-state index contributed by atoms with van der Waals surface area (Å²) in [6, 6.07) is 7.60. The zero-order valence-corrected chi connectivity index (χ0v) is 13.9. The van der Waals surface area contributed by atoms with E-state index in [9.17, 15) is 4.79 Å². The Kier molecular flexibility index (Phi) is 6.41. The number of carbonyl (C=O) groups is 1. The molecule has 1 aromatic carbocycles. The van der Waals surface area contributed by atoms with Gasteiger partial charge in [0.05, 0.1) is 0 Å². The maximum absolute atomic E-state index is 11.4. The summed E-state index contributed by atoms with van der Waals surface area (Å²) in [6.45, 7) is -0.291. The molecule has 1 atom stereocenters. The Bertz CT molecular complexity index is 411. The van der Waals surface area contributed by atoms with Crippen LogP contribution in [0.25, 0.3) is 0 Å². The van der Waals surface area contributed by atoms with Crippen LogP contribution in [0.5, 0.6) is 0 Å². The van der Waals surface area contributed by atoms with Gasteiger partial charge in [0, 0.05) is 4.47 Å². The molecule has 8 heteroatoms. The van der Waals surface area contributed by atoms with Crippen molar-refractivity contribution in [1.82, 2.24) is 4.72 Å². The molecule has 0 bridgehead atoms. The van der Waals surface area contributed by atoms with Gasteiger partial charge in [0.25, 0.3) is 0 Å². The summed E-state index contributed by atoms with van der Waals surface area (Å²) in [4.78, 5) is 12.4. The van der Waals surface area contributed by atoms with E-state index in [-0.39, 0.29) is 6.61 Å². The van der Waals surface area contributed by atoms with E-state index in [4.69, 9.17) is 39.5 Å². The molecule has 1 aromatic rings. The highest BCUT2D eigenvalue weighted by atomic mass is 79.9. The first-order valence-corrected chi connectivity index (χ1v) is 8.25. The van der Waals surface area contributed by atoms with Gasteiger partial charge in [0.1, 0.15) is 23.9 Å². The van der Waals surface area contributed by atoms with Crippen molar-refractivity contribution in [2.75, 3.05) is 12.9 Å². The maximum atomic E-state index is 11.4. The Morgan fingerprint density at radius 3 is 2.44 bits per heavy atom. The van der Waals surface area contributed by atoms with Gasteiger partial charge in [-0.25, -0.2) is 4.79 Å². The second kappa shape index (κ2) is 7.10. The van der Waals surface area contributed by atoms with Gasteiger partial charge in [-0.15, -0.1) is 4.72 Å². The Morgan fingerprint density at radius 1 is 1.39 bits per heavy atom. The van der Waals surface area contributed by atoms with E-state index in [1.807, 2.05) is 30.5 Å². The molecule has 0 radical (unpaired) electrons. The fourth-order valence-corrected chi connectivity index (χ4v) is 2.40. The molecule has 3 nitrogen and oxygen atoms in total. The van der Waals surface area contributed by atoms with Crippen molar-refractivity contribution in [3.63, 3.8) is 0 Å². The lowest BCUT2D eigenvalue weighted by molar-refractivity contribution is 0.155. The van der Waals surface area contributed by atoms with Crippen LogP contribution in [-0.2, 0) is 15.8 Å². The van der Waals surface area contributed by atoms with Gasteiger partial charge in [-0.05, 0) is 24.3 Å². The van der Waals surface area contributed by atoms with Crippen molar-refractivity contribution in [3.05, 3.63) is 28.7 Å². The number of hydrogen-bond donors (Lipinski definition) is 1. The second-order valence-electron chi connectivity index (χ2n) is 3.26. The zero-order valence-electron chi connectivity index (χ0n) is 9.25. The lowest BCUT2D eigenvalue weighted by Gasteiger charge is -2.11. The third-order valence-electron chi connectivity index (χ3n) is 1.77. The number of benzene rings is 1. The average Bonchev–Trinajstić information content (AvgIpc) is 2.26. The van der Waals surface area contributed by atoms with Crippen LogP contribution in [-0.4, -0.2) is 22.7 Å². The number of halogens is 4. The van der Waals surface area contributed by atoms with Crippen LogP contribution in [0.4, 0.5) is 4.79 Å². The molecular formula is C10H10BrCl3NO2S+. The minimum Gasteiger partial charge on any atom is -0.442 e. The van der Waals surface area contributed by atoms with Gasteiger partial charge >= 0.3 is 6.09 Å². The van der Waals surface area contributed by atoms with Crippen molar-refractivity contribution < 1.29 is 9.53 Å². The van der Waals surface area contributed by atoms with Gasteiger partial charge < -0.3 is 4.74 Å². The molecule has 0 aromatic heterocycles.